The van der Waals surface area contributed by atoms with E-state index in [1.807, 2.05) is 0 Å². The number of nitrogens with one attached hydrogen (secondary N) is 1. The Hall–Kier alpha value is -3.30. The molecule has 0 radical (unpaired) electrons. The highest BCUT2D eigenvalue weighted by Crippen LogP contribution is 2.43. The summed E-state index contributed by atoms with van der Waals surface area (Å²) in [4.78, 5) is 35.9. The van der Waals surface area contributed by atoms with Crippen molar-refractivity contribution in [2.24, 2.45) is 0 Å². The number of dihydropyridines is 1. The highest BCUT2D eigenvalue weighted by molar-refractivity contribution is 6.00. The van der Waals surface area contributed by atoms with Crippen LogP contribution in [0.5, 0.6) is 0 Å². The molecule has 0 aliphatic carbocycles. The summed E-state index contributed by atoms with van der Waals surface area (Å²) >= 11 is 0. The van der Waals surface area contributed by atoms with Crippen LogP contribution in [0.25, 0.3) is 0 Å². The van der Waals surface area contributed by atoms with Gasteiger partial charge in [-0.1, -0.05) is 6.07 Å². The molecule has 1 atom stereocenters. The van der Waals surface area contributed by atoms with Crippen LogP contribution in [0, 0.1) is 15.9 Å². The molecule has 0 bridgehead atoms. The number of esters is 2. The van der Waals surface area contributed by atoms with Gasteiger partial charge in [0.15, 0.2) is 0 Å². The van der Waals surface area contributed by atoms with Crippen molar-refractivity contribution in [2.75, 3.05) is 13.8 Å². The lowest BCUT2D eigenvalue weighted by atomic mass is 9.79. The van der Waals surface area contributed by atoms with Crippen LogP contribution >= 0.6 is 0 Å². The number of hydrogen-bond acceptors (Lipinski definition) is 7. The van der Waals surface area contributed by atoms with Gasteiger partial charge in [-0.25, -0.2) is 18.4 Å². The Morgan fingerprint density at radius 3 is 2.45 bits per heavy atom. The maximum Gasteiger partial charge on any atom is 0.337 e. The van der Waals surface area contributed by atoms with Crippen molar-refractivity contribution in [1.82, 2.24) is 5.32 Å². The number of allylic oxidation sites excluding steroid dienone is 2. The number of halogens is 2. The lowest BCUT2D eigenvalue weighted by molar-refractivity contribution is -0.385. The quantitative estimate of drug-likeness (QED) is 0.436. The molecule has 0 saturated carbocycles. The number of ether oxygens (including phenoxy) is 2. The third-order valence-corrected chi connectivity index (χ3v) is 4.26. The number of nitro benzene ring substituents is 1. The summed E-state index contributed by atoms with van der Waals surface area (Å²) in [5, 5.41) is 14.1. The van der Waals surface area contributed by atoms with Gasteiger partial charge in [-0.05, 0) is 26.8 Å². The van der Waals surface area contributed by atoms with Crippen LogP contribution in [0.3, 0.4) is 0 Å². The topological polar surface area (TPSA) is 108 Å². The second-order valence-electron chi connectivity index (χ2n) is 6.50. The fraction of sp³-hybridized carbons (Fsp3) is 0.368. The molecular formula is C19H20F2N2O6. The van der Waals surface area contributed by atoms with Crippen molar-refractivity contribution in [3.8, 4) is 0 Å². The summed E-state index contributed by atoms with van der Waals surface area (Å²) in [6, 6.07) is 3.11. The Morgan fingerprint density at radius 2 is 1.93 bits per heavy atom. The van der Waals surface area contributed by atoms with Crippen LogP contribution in [0.1, 0.15) is 32.3 Å². The van der Waals surface area contributed by atoms with E-state index in [1.165, 1.54) is 6.92 Å². The summed E-state index contributed by atoms with van der Waals surface area (Å²) in [7, 11) is 1.02. The first-order valence-electron chi connectivity index (χ1n) is 8.62. The van der Waals surface area contributed by atoms with Crippen LogP contribution in [0.2, 0.25) is 0 Å². The molecule has 1 aliphatic rings. The zero-order valence-corrected chi connectivity index (χ0v) is 16.2. The molecule has 1 heterocycles. The zero-order valence-electron chi connectivity index (χ0n) is 16.2. The smallest absolute Gasteiger partial charge is 0.337 e. The average molecular weight is 410 g/mol. The van der Waals surface area contributed by atoms with E-state index < -0.39 is 58.2 Å². The summed E-state index contributed by atoms with van der Waals surface area (Å²) in [5.74, 6) is -4.61. The van der Waals surface area contributed by atoms with E-state index >= 15 is 0 Å². The number of methoxy groups -OCH3 is 1. The Labute approximate surface area is 165 Å². The molecule has 1 N–H and O–H groups in total. The van der Waals surface area contributed by atoms with Crippen molar-refractivity contribution in [2.45, 2.75) is 32.8 Å². The van der Waals surface area contributed by atoms with Crippen molar-refractivity contribution < 1.29 is 32.8 Å². The van der Waals surface area contributed by atoms with Gasteiger partial charge in [0.1, 0.15) is 12.5 Å². The van der Waals surface area contributed by atoms with Crippen molar-refractivity contribution in [3.63, 3.8) is 0 Å². The number of nitrogens with zero attached hydrogens (tertiary/aromatic N) is 1. The van der Waals surface area contributed by atoms with Crippen LogP contribution in [0.4, 0.5) is 14.5 Å². The van der Waals surface area contributed by atoms with E-state index in [2.05, 4.69) is 10.1 Å². The minimum absolute atomic E-state index is 0.0819. The van der Waals surface area contributed by atoms with Gasteiger partial charge < -0.3 is 14.8 Å². The normalized spacial score (nSPS) is 16.6. The predicted octanol–water partition coefficient (Wildman–Crippen LogP) is 3.04. The van der Waals surface area contributed by atoms with Crippen LogP contribution in [-0.2, 0) is 19.1 Å². The third kappa shape index (κ3) is 4.25. The molecule has 8 nitrogen and oxygen atoms in total. The molecule has 1 unspecified atom stereocenters. The molecule has 1 aliphatic heterocycles. The molecule has 156 valence electrons. The van der Waals surface area contributed by atoms with E-state index in [-0.39, 0.29) is 17.0 Å². The maximum atomic E-state index is 14.8. The number of rotatable bonds is 6. The molecule has 0 fully saturated rings. The second kappa shape index (κ2) is 8.80. The van der Waals surface area contributed by atoms with Crippen LogP contribution < -0.4 is 5.32 Å². The highest BCUT2D eigenvalue weighted by Gasteiger charge is 2.43. The van der Waals surface area contributed by atoms with Crippen LogP contribution in [-0.4, -0.2) is 36.8 Å². The first-order chi connectivity index (χ1) is 13.6. The monoisotopic (exact) mass is 410 g/mol. The largest absolute Gasteiger partial charge is 0.466 e. The van der Waals surface area contributed by atoms with E-state index in [0.29, 0.717) is 0 Å². The van der Waals surface area contributed by atoms with Gasteiger partial charge in [0.05, 0.1) is 46.5 Å². The molecule has 0 amide bonds. The lowest BCUT2D eigenvalue weighted by Crippen LogP contribution is -2.35. The SMILES string of the molecule is COC(=O)C1=C(CF)NC(C)=C(C(=O)OC(C)C)C1c1c(F)cccc1[N+](=O)[O-]. The number of carbonyl (C=O) groups excluding carboxylic acids is 2. The molecule has 1 aromatic carbocycles. The number of hydrogen-bond donors (Lipinski definition) is 1. The minimum Gasteiger partial charge on any atom is -0.466 e. The van der Waals surface area contributed by atoms with Crippen LogP contribution in [0.15, 0.2) is 40.7 Å². The lowest BCUT2D eigenvalue weighted by Gasteiger charge is -2.30. The fourth-order valence-corrected chi connectivity index (χ4v) is 3.16. The fourth-order valence-electron chi connectivity index (χ4n) is 3.16. The van der Waals surface area contributed by atoms with Gasteiger partial charge >= 0.3 is 11.9 Å². The maximum absolute atomic E-state index is 14.8. The van der Waals surface area contributed by atoms with Gasteiger partial charge in [-0.3, -0.25) is 10.1 Å². The van der Waals surface area contributed by atoms with Crippen molar-refractivity contribution in [1.29, 1.82) is 0 Å². The minimum atomic E-state index is -1.60. The van der Waals surface area contributed by atoms with Gasteiger partial charge in [0, 0.05) is 11.8 Å². The predicted molar refractivity (Wildman–Crippen MR) is 97.9 cm³/mol. The van der Waals surface area contributed by atoms with Crippen molar-refractivity contribution in [3.05, 3.63) is 62.2 Å². The van der Waals surface area contributed by atoms with E-state index in [1.54, 1.807) is 13.8 Å². The van der Waals surface area contributed by atoms with Gasteiger partial charge in [0.2, 0.25) is 0 Å². The molecule has 10 heteroatoms. The van der Waals surface area contributed by atoms with E-state index in [9.17, 15) is 28.5 Å². The number of nitro groups is 1. The third-order valence-electron chi connectivity index (χ3n) is 4.26. The first-order valence-corrected chi connectivity index (χ1v) is 8.62. The molecule has 0 saturated heterocycles. The molecule has 1 aromatic rings. The summed E-state index contributed by atoms with van der Waals surface area (Å²) in [6.07, 6.45) is -0.563. The van der Waals surface area contributed by atoms with Crippen molar-refractivity contribution >= 4 is 17.6 Å². The molecule has 0 aromatic heterocycles. The van der Waals surface area contributed by atoms with E-state index in [0.717, 1.165) is 25.3 Å². The second-order valence-corrected chi connectivity index (χ2v) is 6.50. The molecular weight excluding hydrogens is 390 g/mol. The first kappa shape index (κ1) is 22.0. The standard InChI is InChI=1S/C19H20F2N2O6/c1-9(2)29-19(25)14-10(3)22-12(8-20)16(18(24)28-4)17(14)15-11(21)6-5-7-13(15)23(26)27/h5-7,9,17,22H,8H2,1-4H3. The molecule has 2 rings (SSSR count). The number of carbonyl (C=O) groups is 2. The summed E-state index contributed by atoms with van der Waals surface area (Å²) in [6.45, 7) is 3.39. The molecule has 0 spiro atoms. The number of alkyl halides is 1. The Bertz CT molecular complexity index is 923. The van der Waals surface area contributed by atoms with E-state index in [4.69, 9.17) is 4.74 Å². The summed E-state index contributed by atoms with van der Waals surface area (Å²) < 4.78 is 38.4. The van der Waals surface area contributed by atoms with Gasteiger partial charge in [-0.2, -0.15) is 0 Å². The number of benzene rings is 1. The Balaban J connectivity index is 2.88. The Morgan fingerprint density at radius 1 is 1.28 bits per heavy atom. The Kier molecular flexibility index (Phi) is 6.68. The molecule has 29 heavy (non-hydrogen) atoms. The van der Waals surface area contributed by atoms with Gasteiger partial charge in [0.25, 0.3) is 5.69 Å². The van der Waals surface area contributed by atoms with Gasteiger partial charge in [-0.15, -0.1) is 0 Å². The average Bonchev–Trinajstić information content (AvgIpc) is 2.65. The summed E-state index contributed by atoms with van der Waals surface area (Å²) in [5.41, 5.74) is -2.11. The zero-order chi connectivity index (χ0) is 21.9. The highest BCUT2D eigenvalue weighted by atomic mass is 19.1.